The summed E-state index contributed by atoms with van der Waals surface area (Å²) < 4.78 is 0. The van der Waals surface area contributed by atoms with Crippen molar-refractivity contribution in [1.29, 1.82) is 5.26 Å². The first-order valence-electron chi connectivity index (χ1n) is 10.1. The molecule has 0 heterocycles. The Morgan fingerprint density at radius 1 is 0.600 bits per heavy atom. The standard InChI is InChI=1S/C27H25NP2/c1-30(25-18-10-4-11-19-25,26-20-12-5-13-21-26)27(22-28)29(23-14-6-2-7-15-23)24-16-8-3-9-17-24/h2-21,27,30H,1H3. The second kappa shape index (κ2) is 9.36. The third-order valence-electron chi connectivity index (χ3n) is 5.74. The number of rotatable bonds is 6. The molecular formula is C27H25NP2. The predicted octanol–water partition coefficient (Wildman–Crippen LogP) is 5.00. The fraction of sp³-hybridized carbons (Fsp3) is 0.0741. The molecule has 4 aromatic rings. The van der Waals surface area contributed by atoms with Gasteiger partial charge in [-0.1, -0.05) is 0 Å². The maximum atomic E-state index is 10.7. The number of nitriles is 1. The van der Waals surface area contributed by atoms with Crippen molar-refractivity contribution < 1.29 is 0 Å². The molecule has 0 aliphatic carbocycles. The summed E-state index contributed by atoms with van der Waals surface area (Å²) in [4.78, 5) is 0. The minimum absolute atomic E-state index is 0.0953. The molecule has 0 N–H and O–H groups in total. The van der Waals surface area contributed by atoms with E-state index >= 15 is 0 Å². The molecule has 0 amide bonds. The number of hydrogen-bond acceptors (Lipinski definition) is 1. The predicted molar refractivity (Wildman–Crippen MR) is 135 cm³/mol. The Labute approximate surface area is 181 Å². The van der Waals surface area contributed by atoms with Gasteiger partial charge in [0.1, 0.15) is 0 Å². The van der Waals surface area contributed by atoms with Gasteiger partial charge in [0, 0.05) is 0 Å². The van der Waals surface area contributed by atoms with Gasteiger partial charge >= 0.3 is 181 Å². The van der Waals surface area contributed by atoms with Crippen molar-refractivity contribution in [1.82, 2.24) is 0 Å². The van der Waals surface area contributed by atoms with E-state index in [1.54, 1.807) is 0 Å². The Hall–Kier alpha value is -2.77. The van der Waals surface area contributed by atoms with Gasteiger partial charge in [0.05, 0.1) is 0 Å². The van der Waals surface area contributed by atoms with Crippen molar-refractivity contribution in [3.05, 3.63) is 121 Å². The van der Waals surface area contributed by atoms with E-state index in [1.807, 2.05) is 0 Å². The molecule has 1 unspecified atom stereocenters. The van der Waals surface area contributed by atoms with Crippen LogP contribution >= 0.6 is 15.2 Å². The Morgan fingerprint density at radius 3 is 1.27 bits per heavy atom. The number of benzene rings is 4. The van der Waals surface area contributed by atoms with Crippen LogP contribution in [0.3, 0.4) is 0 Å². The van der Waals surface area contributed by atoms with Gasteiger partial charge in [0.15, 0.2) is 0 Å². The average molecular weight is 425 g/mol. The number of nitrogens with zero attached hydrogens (tertiary/aromatic N) is 1. The first-order valence-corrected chi connectivity index (χ1v) is 14.1. The monoisotopic (exact) mass is 425 g/mol. The van der Waals surface area contributed by atoms with Crippen LogP contribution in [-0.2, 0) is 0 Å². The fourth-order valence-corrected chi connectivity index (χ4v) is 13.0. The molecule has 0 saturated carbocycles. The van der Waals surface area contributed by atoms with Crippen LogP contribution < -0.4 is 21.2 Å². The fourth-order valence-electron chi connectivity index (χ4n) is 4.12. The van der Waals surface area contributed by atoms with Gasteiger partial charge in [0.2, 0.25) is 0 Å². The van der Waals surface area contributed by atoms with Gasteiger partial charge in [0.25, 0.3) is 0 Å². The van der Waals surface area contributed by atoms with Crippen LogP contribution in [0.1, 0.15) is 0 Å². The molecule has 148 valence electrons. The van der Waals surface area contributed by atoms with Gasteiger partial charge in [-0.2, -0.15) is 0 Å². The summed E-state index contributed by atoms with van der Waals surface area (Å²) in [6, 6.07) is 45.4. The van der Waals surface area contributed by atoms with Crippen LogP contribution in [0.25, 0.3) is 0 Å². The van der Waals surface area contributed by atoms with E-state index in [2.05, 4.69) is 134 Å². The zero-order chi connectivity index (χ0) is 20.8. The molecule has 0 aliphatic heterocycles. The van der Waals surface area contributed by atoms with Gasteiger partial charge in [-0.05, 0) is 0 Å². The molecule has 0 radical (unpaired) electrons. The van der Waals surface area contributed by atoms with E-state index in [1.165, 1.54) is 21.2 Å². The van der Waals surface area contributed by atoms with Crippen molar-refractivity contribution in [2.24, 2.45) is 0 Å². The summed E-state index contributed by atoms with van der Waals surface area (Å²) in [5, 5.41) is 15.7. The van der Waals surface area contributed by atoms with Crippen LogP contribution in [0.5, 0.6) is 0 Å². The Kier molecular flexibility index (Phi) is 6.40. The number of hydrogen-bond donors (Lipinski definition) is 0. The van der Waals surface area contributed by atoms with Crippen LogP contribution in [0.4, 0.5) is 0 Å². The second-order valence-corrected chi connectivity index (χ2v) is 14.4. The first kappa shape index (κ1) is 20.5. The summed E-state index contributed by atoms with van der Waals surface area (Å²) in [5.74, 6) is 0. The molecular weight excluding hydrogens is 400 g/mol. The third kappa shape index (κ3) is 3.95. The molecule has 0 aliphatic rings. The van der Waals surface area contributed by atoms with E-state index in [0.29, 0.717) is 0 Å². The first-order chi connectivity index (χ1) is 14.7. The third-order valence-corrected chi connectivity index (χ3v) is 14.7. The van der Waals surface area contributed by atoms with Crippen molar-refractivity contribution in [2.45, 2.75) is 5.40 Å². The van der Waals surface area contributed by atoms with Gasteiger partial charge in [-0.15, -0.1) is 0 Å². The summed E-state index contributed by atoms with van der Waals surface area (Å²) in [6.07, 6.45) is 0. The Morgan fingerprint density at radius 2 is 0.933 bits per heavy atom. The summed E-state index contributed by atoms with van der Waals surface area (Å²) in [5.41, 5.74) is 0. The van der Waals surface area contributed by atoms with Crippen molar-refractivity contribution in [3.63, 3.8) is 0 Å². The molecule has 0 bridgehead atoms. The summed E-state index contributed by atoms with van der Waals surface area (Å²) >= 11 is 0. The van der Waals surface area contributed by atoms with Gasteiger partial charge < -0.3 is 0 Å². The molecule has 1 nitrogen and oxygen atoms in total. The van der Waals surface area contributed by atoms with Crippen LogP contribution in [0.15, 0.2) is 121 Å². The van der Waals surface area contributed by atoms with E-state index in [4.69, 9.17) is 0 Å². The van der Waals surface area contributed by atoms with Gasteiger partial charge in [-0.3, -0.25) is 0 Å². The molecule has 3 heteroatoms. The van der Waals surface area contributed by atoms with E-state index < -0.39 is 15.2 Å². The van der Waals surface area contributed by atoms with Crippen molar-refractivity contribution in [3.8, 4) is 6.07 Å². The zero-order valence-electron chi connectivity index (χ0n) is 17.0. The van der Waals surface area contributed by atoms with Crippen LogP contribution in [0.2, 0.25) is 0 Å². The average Bonchev–Trinajstić information content (AvgIpc) is 2.84. The molecule has 0 fully saturated rings. The molecule has 4 rings (SSSR count). The molecule has 30 heavy (non-hydrogen) atoms. The Balaban J connectivity index is 1.97. The second-order valence-electron chi connectivity index (χ2n) is 7.51. The summed E-state index contributed by atoms with van der Waals surface area (Å²) in [7, 11) is -3.24. The normalized spacial score (nSPS) is 12.8. The molecule has 1 atom stereocenters. The Bertz CT molecular complexity index is 1030. The van der Waals surface area contributed by atoms with E-state index in [0.717, 1.165) is 0 Å². The topological polar surface area (TPSA) is 23.8 Å². The van der Waals surface area contributed by atoms with Crippen molar-refractivity contribution >= 4 is 36.4 Å². The maximum absolute atomic E-state index is 10.7. The quantitative estimate of drug-likeness (QED) is 0.399. The zero-order valence-corrected chi connectivity index (χ0v) is 18.9. The molecule has 0 spiro atoms. The molecule has 4 aromatic carbocycles. The SMILES string of the molecule is C[PH](c1ccccc1)(c1ccccc1)C(C#N)P(c1ccccc1)c1ccccc1. The van der Waals surface area contributed by atoms with E-state index in [-0.39, 0.29) is 5.40 Å². The van der Waals surface area contributed by atoms with Crippen molar-refractivity contribution in [2.75, 3.05) is 6.66 Å². The van der Waals surface area contributed by atoms with Crippen LogP contribution in [0, 0.1) is 11.3 Å². The minimum atomic E-state index is -2.39. The van der Waals surface area contributed by atoms with Crippen LogP contribution in [-0.4, -0.2) is 12.1 Å². The van der Waals surface area contributed by atoms with Gasteiger partial charge in [-0.25, -0.2) is 0 Å². The molecule has 0 aromatic heterocycles. The summed E-state index contributed by atoms with van der Waals surface area (Å²) in [6.45, 7) is 2.37. The van der Waals surface area contributed by atoms with E-state index in [9.17, 15) is 5.26 Å². The molecule has 0 saturated heterocycles.